The SMILES string of the molecule is C=CCN(CC)C(=O)CC1(CC(=O)O)CCCC1. The first-order valence-electron chi connectivity index (χ1n) is 6.63. The van der Waals surface area contributed by atoms with Crippen LogP contribution in [0.2, 0.25) is 0 Å². The first-order chi connectivity index (χ1) is 8.53. The van der Waals surface area contributed by atoms with Crippen LogP contribution in [0, 0.1) is 5.41 Å². The summed E-state index contributed by atoms with van der Waals surface area (Å²) in [4.78, 5) is 24.9. The number of carbonyl (C=O) groups excluding carboxylic acids is 1. The van der Waals surface area contributed by atoms with Gasteiger partial charge in [0.05, 0.1) is 6.42 Å². The molecule has 1 N–H and O–H groups in total. The lowest BCUT2D eigenvalue weighted by Crippen LogP contribution is -2.36. The van der Waals surface area contributed by atoms with Crippen molar-refractivity contribution in [1.82, 2.24) is 4.90 Å². The normalized spacial score (nSPS) is 17.4. The Hall–Kier alpha value is -1.32. The molecule has 4 nitrogen and oxygen atoms in total. The molecule has 4 heteroatoms. The van der Waals surface area contributed by atoms with Crippen LogP contribution in [-0.4, -0.2) is 35.0 Å². The maximum atomic E-state index is 12.2. The minimum absolute atomic E-state index is 0.0561. The fourth-order valence-corrected chi connectivity index (χ4v) is 2.86. The Kier molecular flexibility index (Phi) is 5.38. The lowest BCUT2D eigenvalue weighted by Gasteiger charge is -2.29. The molecule has 0 aromatic carbocycles. The van der Waals surface area contributed by atoms with Crippen molar-refractivity contribution in [3.8, 4) is 0 Å². The number of nitrogens with zero attached hydrogens (tertiary/aromatic N) is 1. The minimum atomic E-state index is -0.795. The molecule has 1 saturated carbocycles. The van der Waals surface area contributed by atoms with E-state index < -0.39 is 5.97 Å². The predicted molar refractivity (Wildman–Crippen MR) is 70.2 cm³/mol. The van der Waals surface area contributed by atoms with Crippen LogP contribution in [0.5, 0.6) is 0 Å². The van der Waals surface area contributed by atoms with Gasteiger partial charge in [0.25, 0.3) is 0 Å². The zero-order chi connectivity index (χ0) is 13.6. The Morgan fingerprint density at radius 1 is 1.33 bits per heavy atom. The van der Waals surface area contributed by atoms with Crippen molar-refractivity contribution in [2.75, 3.05) is 13.1 Å². The Morgan fingerprint density at radius 2 is 1.94 bits per heavy atom. The van der Waals surface area contributed by atoms with E-state index >= 15 is 0 Å². The van der Waals surface area contributed by atoms with E-state index in [1.807, 2.05) is 6.92 Å². The third-order valence-corrected chi connectivity index (χ3v) is 3.80. The van der Waals surface area contributed by atoms with E-state index in [9.17, 15) is 9.59 Å². The third kappa shape index (κ3) is 3.86. The highest BCUT2D eigenvalue weighted by atomic mass is 16.4. The quantitative estimate of drug-likeness (QED) is 0.709. The first-order valence-corrected chi connectivity index (χ1v) is 6.63. The van der Waals surface area contributed by atoms with Gasteiger partial charge in [-0.3, -0.25) is 9.59 Å². The van der Waals surface area contributed by atoms with Crippen LogP contribution >= 0.6 is 0 Å². The molecule has 0 bridgehead atoms. The molecule has 1 rings (SSSR count). The molecule has 0 saturated heterocycles. The maximum Gasteiger partial charge on any atom is 0.303 e. The Bertz CT molecular complexity index is 319. The predicted octanol–water partition coefficient (Wildman–Crippen LogP) is 2.45. The van der Waals surface area contributed by atoms with Gasteiger partial charge in [0.15, 0.2) is 0 Å². The van der Waals surface area contributed by atoms with Crippen molar-refractivity contribution in [2.45, 2.75) is 45.4 Å². The van der Waals surface area contributed by atoms with Crippen molar-refractivity contribution in [3.05, 3.63) is 12.7 Å². The lowest BCUT2D eigenvalue weighted by molar-refractivity contribution is -0.141. The molecular weight excluding hydrogens is 230 g/mol. The number of amides is 1. The molecule has 1 aliphatic rings. The van der Waals surface area contributed by atoms with E-state index in [0.29, 0.717) is 19.5 Å². The van der Waals surface area contributed by atoms with E-state index in [-0.39, 0.29) is 17.7 Å². The number of carboxylic acid groups (broad SMARTS) is 1. The number of carboxylic acids is 1. The van der Waals surface area contributed by atoms with Crippen molar-refractivity contribution >= 4 is 11.9 Å². The summed E-state index contributed by atoms with van der Waals surface area (Å²) in [5.74, 6) is -0.739. The average molecular weight is 253 g/mol. The minimum Gasteiger partial charge on any atom is -0.481 e. The third-order valence-electron chi connectivity index (χ3n) is 3.80. The molecule has 1 aliphatic carbocycles. The summed E-state index contributed by atoms with van der Waals surface area (Å²) < 4.78 is 0. The molecule has 0 atom stereocenters. The van der Waals surface area contributed by atoms with E-state index in [4.69, 9.17) is 5.11 Å². The number of carbonyl (C=O) groups is 2. The van der Waals surface area contributed by atoms with Crippen LogP contribution in [0.15, 0.2) is 12.7 Å². The van der Waals surface area contributed by atoms with Gasteiger partial charge in [0, 0.05) is 19.5 Å². The largest absolute Gasteiger partial charge is 0.481 e. The molecule has 18 heavy (non-hydrogen) atoms. The van der Waals surface area contributed by atoms with Crippen molar-refractivity contribution < 1.29 is 14.7 Å². The second-order valence-electron chi connectivity index (χ2n) is 5.18. The number of hydrogen-bond acceptors (Lipinski definition) is 2. The highest BCUT2D eigenvalue weighted by Crippen LogP contribution is 2.44. The standard InChI is InChI=1S/C14H23NO3/c1-3-9-15(4-2)12(16)10-14(11-13(17)18)7-5-6-8-14/h3H,1,4-11H2,2H3,(H,17,18). The highest BCUT2D eigenvalue weighted by Gasteiger charge is 2.38. The van der Waals surface area contributed by atoms with Gasteiger partial charge in [-0.15, -0.1) is 6.58 Å². The van der Waals surface area contributed by atoms with Crippen LogP contribution in [0.1, 0.15) is 45.4 Å². The smallest absolute Gasteiger partial charge is 0.303 e. The Balaban J connectivity index is 2.68. The lowest BCUT2D eigenvalue weighted by atomic mass is 9.79. The van der Waals surface area contributed by atoms with Gasteiger partial charge < -0.3 is 10.0 Å². The van der Waals surface area contributed by atoms with Gasteiger partial charge >= 0.3 is 5.97 Å². The van der Waals surface area contributed by atoms with E-state index in [2.05, 4.69) is 6.58 Å². The van der Waals surface area contributed by atoms with Crippen LogP contribution in [-0.2, 0) is 9.59 Å². The van der Waals surface area contributed by atoms with Gasteiger partial charge in [-0.1, -0.05) is 18.9 Å². The molecule has 0 aromatic heterocycles. The van der Waals surface area contributed by atoms with Crippen LogP contribution in [0.4, 0.5) is 0 Å². The van der Waals surface area contributed by atoms with E-state index in [0.717, 1.165) is 25.7 Å². The molecule has 1 fully saturated rings. The van der Waals surface area contributed by atoms with Gasteiger partial charge in [-0.2, -0.15) is 0 Å². The van der Waals surface area contributed by atoms with Crippen molar-refractivity contribution in [3.63, 3.8) is 0 Å². The fraction of sp³-hybridized carbons (Fsp3) is 0.714. The molecule has 1 amide bonds. The van der Waals surface area contributed by atoms with E-state index in [1.165, 1.54) is 0 Å². The monoisotopic (exact) mass is 253 g/mol. The Morgan fingerprint density at radius 3 is 2.39 bits per heavy atom. The molecule has 0 aromatic rings. The summed E-state index contributed by atoms with van der Waals surface area (Å²) in [7, 11) is 0. The van der Waals surface area contributed by atoms with Crippen molar-refractivity contribution in [1.29, 1.82) is 0 Å². The van der Waals surface area contributed by atoms with Gasteiger partial charge in [0.2, 0.25) is 5.91 Å². The topological polar surface area (TPSA) is 57.6 Å². The first kappa shape index (κ1) is 14.7. The second kappa shape index (κ2) is 6.57. The molecular formula is C14H23NO3. The summed E-state index contributed by atoms with van der Waals surface area (Å²) in [6.45, 7) is 6.76. The summed E-state index contributed by atoms with van der Waals surface area (Å²) in [6.07, 6.45) is 5.97. The maximum absolute atomic E-state index is 12.2. The number of hydrogen-bond donors (Lipinski definition) is 1. The van der Waals surface area contributed by atoms with E-state index in [1.54, 1.807) is 11.0 Å². The number of rotatable bonds is 7. The molecule has 0 spiro atoms. The van der Waals surface area contributed by atoms with Gasteiger partial charge in [-0.05, 0) is 25.2 Å². The zero-order valence-electron chi connectivity index (χ0n) is 11.2. The number of aliphatic carboxylic acids is 1. The van der Waals surface area contributed by atoms with Gasteiger partial charge in [-0.25, -0.2) is 0 Å². The summed E-state index contributed by atoms with van der Waals surface area (Å²) in [5.41, 5.74) is -0.308. The molecule has 0 heterocycles. The Labute approximate surface area is 109 Å². The number of likely N-dealkylation sites (N-methyl/N-ethyl adjacent to an activating group) is 1. The summed E-state index contributed by atoms with van der Waals surface area (Å²) in [5, 5.41) is 9.01. The molecule has 0 unspecified atom stereocenters. The zero-order valence-corrected chi connectivity index (χ0v) is 11.2. The fourth-order valence-electron chi connectivity index (χ4n) is 2.86. The average Bonchev–Trinajstić information content (AvgIpc) is 2.72. The molecule has 0 radical (unpaired) electrons. The van der Waals surface area contributed by atoms with Crippen molar-refractivity contribution in [2.24, 2.45) is 5.41 Å². The molecule has 102 valence electrons. The summed E-state index contributed by atoms with van der Waals surface area (Å²) >= 11 is 0. The second-order valence-corrected chi connectivity index (χ2v) is 5.18. The highest BCUT2D eigenvalue weighted by molar-refractivity contribution is 5.78. The van der Waals surface area contributed by atoms with Gasteiger partial charge in [0.1, 0.15) is 0 Å². The van der Waals surface area contributed by atoms with Crippen LogP contribution < -0.4 is 0 Å². The van der Waals surface area contributed by atoms with Crippen LogP contribution in [0.25, 0.3) is 0 Å². The molecule has 0 aliphatic heterocycles. The summed E-state index contributed by atoms with van der Waals surface area (Å²) in [6, 6.07) is 0. The van der Waals surface area contributed by atoms with Crippen LogP contribution in [0.3, 0.4) is 0 Å².